The summed E-state index contributed by atoms with van der Waals surface area (Å²) in [4.78, 5) is 67.0. The lowest BCUT2D eigenvalue weighted by atomic mass is 9.78. The fourth-order valence-corrected chi connectivity index (χ4v) is 9.80. The zero-order valence-corrected chi connectivity index (χ0v) is 39.6. The van der Waals surface area contributed by atoms with Gasteiger partial charge in [0.1, 0.15) is 24.1 Å². The first kappa shape index (κ1) is 47.6. The van der Waals surface area contributed by atoms with Gasteiger partial charge in [0.05, 0.1) is 29.7 Å². The maximum atomic E-state index is 13.3. The van der Waals surface area contributed by atoms with E-state index in [1.165, 1.54) is 50.3 Å². The summed E-state index contributed by atoms with van der Waals surface area (Å²) in [5.41, 5.74) is 4.20. The number of anilines is 2. The van der Waals surface area contributed by atoms with Crippen molar-refractivity contribution in [2.45, 2.75) is 95.7 Å². The normalized spacial score (nSPS) is 18.5. The zero-order chi connectivity index (χ0) is 47.1. The van der Waals surface area contributed by atoms with E-state index in [1.54, 1.807) is 18.2 Å². The molecule has 4 amide bonds. The molecule has 3 fully saturated rings. The van der Waals surface area contributed by atoms with Gasteiger partial charge in [0.25, 0.3) is 11.8 Å². The number of amides is 4. The smallest absolute Gasteiger partial charge is 0.262 e. The second-order valence-electron chi connectivity index (χ2n) is 18.6. The van der Waals surface area contributed by atoms with Crippen LogP contribution in [0.5, 0.6) is 11.5 Å². The SMILES string of the molecule is CC(C)(c1ccc(OCCCCCCCCCN2CCN(C3CN(c4ccc5c(c4)C(=O)N(C4CCC(=O)NC4=O)C5=O)C3)CC2)cc1)c1ccc(OCc2ccnc(NS(C)(=O)=O)n2)cc1. The first-order valence-corrected chi connectivity index (χ1v) is 25.4. The molecule has 4 aliphatic heterocycles. The van der Waals surface area contributed by atoms with Crippen molar-refractivity contribution in [2.75, 3.05) is 68.3 Å². The number of fused-ring (bicyclic) bond motifs is 1. The maximum Gasteiger partial charge on any atom is 0.262 e. The molecule has 3 saturated heterocycles. The van der Waals surface area contributed by atoms with Gasteiger partial charge in [-0.15, -0.1) is 0 Å². The second kappa shape index (κ2) is 20.9. The van der Waals surface area contributed by atoms with Gasteiger partial charge in [-0.2, -0.15) is 0 Å². The first-order chi connectivity index (χ1) is 32.2. The Morgan fingerprint density at radius 2 is 1.39 bits per heavy atom. The Morgan fingerprint density at radius 3 is 2.04 bits per heavy atom. The number of carbonyl (C=O) groups is 4. The summed E-state index contributed by atoms with van der Waals surface area (Å²) in [6.07, 6.45) is 11.2. The molecule has 17 heteroatoms. The number of nitrogens with one attached hydrogen (secondary N) is 2. The molecule has 1 unspecified atom stereocenters. The molecule has 4 aromatic rings. The number of hydrogen-bond donors (Lipinski definition) is 2. The summed E-state index contributed by atoms with van der Waals surface area (Å²) in [6, 6.07) is 22.9. The number of carbonyl (C=O) groups excluding carboxylic acids is 4. The van der Waals surface area contributed by atoms with Crippen LogP contribution in [-0.2, 0) is 31.6 Å². The average Bonchev–Trinajstić information content (AvgIpc) is 3.53. The van der Waals surface area contributed by atoms with Gasteiger partial charge >= 0.3 is 0 Å². The van der Waals surface area contributed by atoms with Gasteiger partial charge in [-0.1, -0.05) is 70.2 Å². The quantitative estimate of drug-likeness (QED) is 0.0760. The maximum absolute atomic E-state index is 13.3. The number of piperazine rings is 1. The van der Waals surface area contributed by atoms with Crippen LogP contribution in [0.25, 0.3) is 0 Å². The standard InChI is InChI=1S/C50H62N8O8S/c1-50(2,36-13-18-41(19-14-36)66-34-37-23-24-51-49(52-37)54-67(3,63)64)35-11-16-40(17-12-35)65-30-10-8-6-4-5-7-9-25-55-26-28-56(29-27-55)39-32-57(33-39)38-15-20-42-43(31-38)48(62)58(47(42)61)44-21-22-45(59)53-46(44)60/h11-20,23-24,31,39,44H,4-10,21-22,25-30,32-34H2,1-3H3,(H,51,52,54)(H,53,59,60). The minimum Gasteiger partial charge on any atom is -0.494 e. The molecule has 3 aromatic carbocycles. The van der Waals surface area contributed by atoms with Crippen molar-refractivity contribution in [1.82, 2.24) is 30.0 Å². The minimum absolute atomic E-state index is 0.0131. The highest BCUT2D eigenvalue weighted by Crippen LogP contribution is 2.35. The molecule has 0 bridgehead atoms. The highest BCUT2D eigenvalue weighted by molar-refractivity contribution is 7.92. The number of piperidine rings is 1. The number of hydrogen-bond acceptors (Lipinski definition) is 13. The molecule has 0 spiro atoms. The van der Waals surface area contributed by atoms with E-state index in [0.717, 1.165) is 80.4 Å². The highest BCUT2D eigenvalue weighted by atomic mass is 32.2. The van der Waals surface area contributed by atoms with Crippen molar-refractivity contribution in [3.63, 3.8) is 0 Å². The third kappa shape index (κ3) is 11.8. The van der Waals surface area contributed by atoms with Crippen molar-refractivity contribution in [3.8, 4) is 11.5 Å². The van der Waals surface area contributed by atoms with Gasteiger partial charge < -0.3 is 19.3 Å². The van der Waals surface area contributed by atoms with Crippen molar-refractivity contribution in [2.24, 2.45) is 0 Å². The number of benzene rings is 3. The van der Waals surface area contributed by atoms with Crippen molar-refractivity contribution in [3.05, 3.63) is 107 Å². The number of unbranched alkanes of at least 4 members (excludes halogenated alkanes) is 6. The number of imide groups is 2. The van der Waals surface area contributed by atoms with E-state index in [1.807, 2.05) is 18.2 Å². The molecule has 0 aliphatic carbocycles. The number of nitrogens with zero attached hydrogens (tertiary/aromatic N) is 6. The van der Waals surface area contributed by atoms with Crippen molar-refractivity contribution in [1.29, 1.82) is 0 Å². The largest absolute Gasteiger partial charge is 0.494 e. The van der Waals surface area contributed by atoms with Crippen LogP contribution >= 0.6 is 0 Å². The average molecular weight is 935 g/mol. The van der Waals surface area contributed by atoms with Crippen LogP contribution in [-0.4, -0.2) is 127 Å². The van der Waals surface area contributed by atoms with Gasteiger partial charge in [0, 0.05) is 69.0 Å². The molecule has 1 atom stereocenters. The van der Waals surface area contributed by atoms with E-state index in [0.29, 0.717) is 35.2 Å². The molecular weight excluding hydrogens is 873 g/mol. The van der Waals surface area contributed by atoms with Crippen LogP contribution in [0.2, 0.25) is 0 Å². The number of aromatic nitrogens is 2. The summed E-state index contributed by atoms with van der Waals surface area (Å²) in [5, 5.41) is 2.25. The molecular formula is C50H62N8O8S. The Morgan fingerprint density at radius 1 is 0.761 bits per heavy atom. The van der Waals surface area contributed by atoms with E-state index in [4.69, 9.17) is 9.47 Å². The zero-order valence-electron chi connectivity index (χ0n) is 38.7. The molecule has 0 radical (unpaired) electrons. The van der Waals surface area contributed by atoms with Crippen LogP contribution in [0.3, 0.4) is 0 Å². The van der Waals surface area contributed by atoms with Crippen LogP contribution in [0.15, 0.2) is 79.0 Å². The van der Waals surface area contributed by atoms with E-state index in [-0.39, 0.29) is 36.7 Å². The van der Waals surface area contributed by atoms with E-state index < -0.39 is 33.8 Å². The molecule has 2 N–H and O–H groups in total. The Kier molecular flexibility index (Phi) is 14.9. The van der Waals surface area contributed by atoms with Crippen molar-refractivity contribution >= 4 is 45.3 Å². The fraction of sp³-hybridized carbons (Fsp3) is 0.480. The van der Waals surface area contributed by atoms with Gasteiger partial charge in [0.2, 0.25) is 27.8 Å². The highest BCUT2D eigenvalue weighted by Gasteiger charge is 2.45. The number of rotatable bonds is 21. The summed E-state index contributed by atoms with van der Waals surface area (Å²) in [6.45, 7) is 12.5. The number of sulfonamides is 1. The first-order valence-electron chi connectivity index (χ1n) is 23.6. The van der Waals surface area contributed by atoms with Crippen molar-refractivity contribution < 1.29 is 37.1 Å². The van der Waals surface area contributed by atoms with Gasteiger partial charge in [-0.25, -0.2) is 18.4 Å². The molecule has 16 nitrogen and oxygen atoms in total. The minimum atomic E-state index is -3.47. The molecule has 4 aliphatic rings. The van der Waals surface area contributed by atoms with Crippen LogP contribution in [0, 0.1) is 0 Å². The third-order valence-electron chi connectivity index (χ3n) is 13.5. The predicted octanol–water partition coefficient (Wildman–Crippen LogP) is 5.77. The molecule has 67 heavy (non-hydrogen) atoms. The van der Waals surface area contributed by atoms with Gasteiger partial charge in [0.15, 0.2) is 0 Å². The topological polar surface area (TPSA) is 184 Å². The Balaban J connectivity index is 0.652. The van der Waals surface area contributed by atoms with E-state index in [2.05, 4.69) is 85.0 Å². The third-order valence-corrected chi connectivity index (χ3v) is 14.0. The van der Waals surface area contributed by atoms with Gasteiger partial charge in [-0.05, 0) is 85.5 Å². The Labute approximate surface area is 393 Å². The molecule has 5 heterocycles. The second-order valence-corrected chi connectivity index (χ2v) is 20.4. The monoisotopic (exact) mass is 934 g/mol. The lowest BCUT2D eigenvalue weighted by Gasteiger charge is -2.49. The van der Waals surface area contributed by atoms with Crippen LogP contribution in [0.4, 0.5) is 11.6 Å². The lowest BCUT2D eigenvalue weighted by molar-refractivity contribution is -0.136. The van der Waals surface area contributed by atoms with E-state index >= 15 is 0 Å². The Bertz CT molecular complexity index is 2520. The fourth-order valence-electron chi connectivity index (χ4n) is 9.37. The Hall–Kier alpha value is -5.91. The predicted molar refractivity (Wildman–Crippen MR) is 255 cm³/mol. The summed E-state index contributed by atoms with van der Waals surface area (Å²) in [5.74, 6) is -0.340. The van der Waals surface area contributed by atoms with E-state index in [9.17, 15) is 27.6 Å². The molecule has 0 saturated carbocycles. The van der Waals surface area contributed by atoms with Gasteiger partial charge in [-0.3, -0.25) is 39.0 Å². The van der Waals surface area contributed by atoms with Crippen LogP contribution in [0.1, 0.15) is 109 Å². The molecule has 8 rings (SSSR count). The summed E-state index contributed by atoms with van der Waals surface area (Å²) in [7, 11) is -3.47. The lowest BCUT2D eigenvalue weighted by Crippen LogP contribution is -2.63. The summed E-state index contributed by atoms with van der Waals surface area (Å²) >= 11 is 0. The van der Waals surface area contributed by atoms with Crippen LogP contribution < -0.4 is 24.4 Å². The number of ether oxygens (including phenoxy) is 2. The summed E-state index contributed by atoms with van der Waals surface area (Å²) < 4.78 is 37.3. The molecule has 1 aromatic heterocycles. The molecule has 356 valence electrons.